The van der Waals surface area contributed by atoms with E-state index in [4.69, 9.17) is 4.74 Å². The van der Waals surface area contributed by atoms with Crippen molar-refractivity contribution >= 4 is 0 Å². The van der Waals surface area contributed by atoms with Crippen molar-refractivity contribution in [2.75, 3.05) is 40.4 Å². The first-order chi connectivity index (χ1) is 7.27. The van der Waals surface area contributed by atoms with Gasteiger partial charge in [0.2, 0.25) is 0 Å². The largest absolute Gasteiger partial charge is 0.385 e. The Kier molecular flexibility index (Phi) is 6.22. The van der Waals surface area contributed by atoms with E-state index in [2.05, 4.69) is 24.2 Å². The third-order valence-electron chi connectivity index (χ3n) is 3.05. The van der Waals surface area contributed by atoms with Gasteiger partial charge in [0.05, 0.1) is 0 Å². The van der Waals surface area contributed by atoms with Crippen molar-refractivity contribution in [3.63, 3.8) is 0 Å². The lowest BCUT2D eigenvalue weighted by Gasteiger charge is -2.24. The SMILES string of the molecule is CCNC(CN(C)CCCOC)C1CC1. The second-order valence-corrected chi connectivity index (χ2v) is 4.61. The van der Waals surface area contributed by atoms with Gasteiger partial charge in [-0.25, -0.2) is 0 Å². The maximum absolute atomic E-state index is 5.06. The molecule has 1 rings (SSSR count). The van der Waals surface area contributed by atoms with Gasteiger partial charge in [0.15, 0.2) is 0 Å². The Morgan fingerprint density at radius 1 is 1.47 bits per heavy atom. The van der Waals surface area contributed by atoms with E-state index in [0.29, 0.717) is 6.04 Å². The first kappa shape index (κ1) is 12.9. The summed E-state index contributed by atoms with van der Waals surface area (Å²) >= 11 is 0. The standard InChI is InChI=1S/C12H26N2O/c1-4-13-12(11-6-7-11)10-14(2)8-5-9-15-3/h11-13H,4-10H2,1-3H3. The maximum Gasteiger partial charge on any atom is 0.0474 e. The molecule has 1 saturated carbocycles. The van der Waals surface area contributed by atoms with Gasteiger partial charge < -0.3 is 15.0 Å². The molecular weight excluding hydrogens is 188 g/mol. The lowest BCUT2D eigenvalue weighted by Crippen LogP contribution is -2.41. The molecule has 3 nitrogen and oxygen atoms in total. The van der Waals surface area contributed by atoms with Gasteiger partial charge in [-0.15, -0.1) is 0 Å². The van der Waals surface area contributed by atoms with E-state index in [9.17, 15) is 0 Å². The van der Waals surface area contributed by atoms with Crippen molar-refractivity contribution < 1.29 is 4.74 Å². The van der Waals surface area contributed by atoms with Crippen LogP contribution in [0.3, 0.4) is 0 Å². The summed E-state index contributed by atoms with van der Waals surface area (Å²) in [5.41, 5.74) is 0. The lowest BCUT2D eigenvalue weighted by molar-refractivity contribution is 0.175. The highest BCUT2D eigenvalue weighted by molar-refractivity contribution is 4.87. The van der Waals surface area contributed by atoms with E-state index in [-0.39, 0.29) is 0 Å². The molecular formula is C12H26N2O. The number of nitrogens with zero attached hydrogens (tertiary/aromatic N) is 1. The number of hydrogen-bond donors (Lipinski definition) is 1. The van der Waals surface area contributed by atoms with Gasteiger partial charge in [-0.2, -0.15) is 0 Å². The van der Waals surface area contributed by atoms with Crippen LogP contribution in [-0.4, -0.2) is 51.3 Å². The molecule has 1 unspecified atom stereocenters. The fourth-order valence-corrected chi connectivity index (χ4v) is 2.05. The van der Waals surface area contributed by atoms with E-state index in [0.717, 1.165) is 32.0 Å². The van der Waals surface area contributed by atoms with Gasteiger partial charge in [0.25, 0.3) is 0 Å². The Morgan fingerprint density at radius 3 is 2.73 bits per heavy atom. The molecule has 1 fully saturated rings. The van der Waals surface area contributed by atoms with Crippen LogP contribution in [0.15, 0.2) is 0 Å². The molecule has 0 saturated heterocycles. The van der Waals surface area contributed by atoms with Gasteiger partial charge in [-0.1, -0.05) is 6.92 Å². The highest BCUT2D eigenvalue weighted by Gasteiger charge is 2.30. The fourth-order valence-electron chi connectivity index (χ4n) is 2.05. The van der Waals surface area contributed by atoms with E-state index in [1.807, 2.05) is 0 Å². The van der Waals surface area contributed by atoms with E-state index in [1.54, 1.807) is 7.11 Å². The summed E-state index contributed by atoms with van der Waals surface area (Å²) in [6, 6.07) is 0.711. The molecule has 0 amide bonds. The number of likely N-dealkylation sites (N-methyl/N-ethyl adjacent to an activating group) is 2. The van der Waals surface area contributed by atoms with Crippen molar-refractivity contribution in [3.05, 3.63) is 0 Å². The molecule has 0 aromatic carbocycles. The van der Waals surface area contributed by atoms with Crippen LogP contribution < -0.4 is 5.32 Å². The van der Waals surface area contributed by atoms with Crippen molar-refractivity contribution in [1.82, 2.24) is 10.2 Å². The van der Waals surface area contributed by atoms with Crippen molar-refractivity contribution in [1.29, 1.82) is 0 Å². The van der Waals surface area contributed by atoms with Crippen LogP contribution >= 0.6 is 0 Å². The molecule has 0 aromatic heterocycles. The first-order valence-corrected chi connectivity index (χ1v) is 6.18. The number of hydrogen-bond acceptors (Lipinski definition) is 3. The molecule has 0 spiro atoms. The average molecular weight is 214 g/mol. The van der Waals surface area contributed by atoms with Crippen LogP contribution in [-0.2, 0) is 4.74 Å². The molecule has 0 aliphatic heterocycles. The lowest BCUT2D eigenvalue weighted by atomic mass is 10.1. The van der Waals surface area contributed by atoms with E-state index < -0.39 is 0 Å². The van der Waals surface area contributed by atoms with Gasteiger partial charge in [0, 0.05) is 32.8 Å². The Bertz CT molecular complexity index is 160. The molecule has 0 heterocycles. The Labute approximate surface area is 94.2 Å². The highest BCUT2D eigenvalue weighted by atomic mass is 16.5. The highest BCUT2D eigenvalue weighted by Crippen LogP contribution is 2.32. The third kappa shape index (κ3) is 5.50. The summed E-state index contributed by atoms with van der Waals surface area (Å²) in [7, 11) is 3.98. The summed E-state index contributed by atoms with van der Waals surface area (Å²) < 4.78 is 5.06. The fraction of sp³-hybridized carbons (Fsp3) is 1.00. The van der Waals surface area contributed by atoms with Crippen LogP contribution in [0.1, 0.15) is 26.2 Å². The molecule has 0 bridgehead atoms. The smallest absolute Gasteiger partial charge is 0.0474 e. The van der Waals surface area contributed by atoms with Gasteiger partial charge in [-0.3, -0.25) is 0 Å². The summed E-state index contributed by atoms with van der Waals surface area (Å²) in [5, 5.41) is 3.59. The number of nitrogens with one attached hydrogen (secondary N) is 1. The second-order valence-electron chi connectivity index (χ2n) is 4.61. The minimum atomic E-state index is 0.711. The van der Waals surface area contributed by atoms with Crippen molar-refractivity contribution in [2.24, 2.45) is 5.92 Å². The van der Waals surface area contributed by atoms with Crippen LogP contribution in [0, 0.1) is 5.92 Å². The van der Waals surface area contributed by atoms with Crippen molar-refractivity contribution in [3.8, 4) is 0 Å². The Morgan fingerprint density at radius 2 is 2.20 bits per heavy atom. The minimum absolute atomic E-state index is 0.711. The second kappa shape index (κ2) is 7.20. The zero-order chi connectivity index (χ0) is 11.1. The predicted molar refractivity (Wildman–Crippen MR) is 64.2 cm³/mol. The molecule has 1 atom stereocenters. The number of rotatable bonds is 9. The Balaban J connectivity index is 2.12. The van der Waals surface area contributed by atoms with Crippen LogP contribution in [0.4, 0.5) is 0 Å². The van der Waals surface area contributed by atoms with Crippen molar-refractivity contribution in [2.45, 2.75) is 32.2 Å². The quantitative estimate of drug-likeness (QED) is 0.586. The van der Waals surface area contributed by atoms with E-state index >= 15 is 0 Å². The Hall–Kier alpha value is -0.120. The number of methoxy groups -OCH3 is 1. The molecule has 1 N–H and O–H groups in total. The normalized spacial score (nSPS) is 18.4. The summed E-state index contributed by atoms with van der Waals surface area (Å²) in [4.78, 5) is 2.42. The monoisotopic (exact) mass is 214 g/mol. The zero-order valence-electron chi connectivity index (χ0n) is 10.5. The molecule has 1 aliphatic rings. The zero-order valence-corrected chi connectivity index (χ0v) is 10.5. The van der Waals surface area contributed by atoms with Gasteiger partial charge >= 0.3 is 0 Å². The molecule has 15 heavy (non-hydrogen) atoms. The molecule has 3 heteroatoms. The summed E-state index contributed by atoms with van der Waals surface area (Å²) in [5.74, 6) is 0.940. The average Bonchev–Trinajstić information content (AvgIpc) is 3.01. The first-order valence-electron chi connectivity index (χ1n) is 6.18. The summed E-state index contributed by atoms with van der Waals surface area (Å²) in [6.45, 7) is 6.48. The number of ether oxygens (including phenoxy) is 1. The topological polar surface area (TPSA) is 24.5 Å². The molecule has 1 aliphatic carbocycles. The minimum Gasteiger partial charge on any atom is -0.385 e. The summed E-state index contributed by atoms with van der Waals surface area (Å²) in [6.07, 6.45) is 3.98. The molecule has 90 valence electrons. The van der Waals surface area contributed by atoms with Gasteiger partial charge in [0.1, 0.15) is 0 Å². The van der Waals surface area contributed by atoms with Crippen LogP contribution in [0.2, 0.25) is 0 Å². The predicted octanol–water partition coefficient (Wildman–Crippen LogP) is 1.34. The molecule has 0 radical (unpaired) electrons. The van der Waals surface area contributed by atoms with Crippen LogP contribution in [0.5, 0.6) is 0 Å². The molecule has 0 aromatic rings. The van der Waals surface area contributed by atoms with Crippen LogP contribution in [0.25, 0.3) is 0 Å². The maximum atomic E-state index is 5.06. The third-order valence-corrected chi connectivity index (χ3v) is 3.05. The van der Waals surface area contributed by atoms with Gasteiger partial charge in [-0.05, 0) is 38.8 Å². The van der Waals surface area contributed by atoms with E-state index in [1.165, 1.54) is 19.4 Å².